The van der Waals surface area contributed by atoms with E-state index in [9.17, 15) is 8.78 Å². The second-order valence-electron chi connectivity index (χ2n) is 2.09. The molecule has 56 valence electrons. The van der Waals surface area contributed by atoms with Crippen molar-refractivity contribution in [2.75, 3.05) is 0 Å². The third-order valence-corrected chi connectivity index (χ3v) is 2.20. The van der Waals surface area contributed by atoms with Crippen LogP contribution in [0.3, 0.4) is 0 Å². The van der Waals surface area contributed by atoms with Crippen molar-refractivity contribution in [3.63, 3.8) is 0 Å². The molecule has 0 amide bonds. The molecule has 1 heterocycles. The highest BCUT2D eigenvalue weighted by Crippen LogP contribution is 2.21. The van der Waals surface area contributed by atoms with E-state index in [0.29, 0.717) is 10.2 Å². The van der Waals surface area contributed by atoms with Crippen molar-refractivity contribution < 1.29 is 8.78 Å². The first-order chi connectivity index (χ1) is 5.27. The first kappa shape index (κ1) is 6.67. The number of hydrogen-bond acceptors (Lipinski definition) is 2. The molecule has 0 radical (unpaired) electrons. The molecule has 11 heavy (non-hydrogen) atoms. The molecule has 0 bridgehead atoms. The highest BCUT2D eigenvalue weighted by Gasteiger charge is 2.04. The van der Waals surface area contributed by atoms with Gasteiger partial charge in [-0.1, -0.05) is 0 Å². The Morgan fingerprint density at radius 2 is 2.09 bits per heavy atom. The lowest BCUT2D eigenvalue weighted by Gasteiger charge is -1.90. The molecule has 0 saturated heterocycles. The van der Waals surface area contributed by atoms with Crippen molar-refractivity contribution in [2.45, 2.75) is 0 Å². The van der Waals surface area contributed by atoms with Crippen LogP contribution in [0.15, 0.2) is 17.6 Å². The van der Waals surface area contributed by atoms with E-state index in [1.54, 1.807) is 0 Å². The van der Waals surface area contributed by atoms with E-state index in [0.717, 1.165) is 6.07 Å². The second-order valence-corrected chi connectivity index (χ2v) is 2.94. The summed E-state index contributed by atoms with van der Waals surface area (Å²) in [4.78, 5) is 3.78. The summed E-state index contributed by atoms with van der Waals surface area (Å²) < 4.78 is 25.7. The fourth-order valence-electron chi connectivity index (χ4n) is 0.895. The molecule has 2 aromatic rings. The van der Waals surface area contributed by atoms with E-state index in [2.05, 4.69) is 4.98 Å². The van der Waals surface area contributed by atoms with Gasteiger partial charge in [0, 0.05) is 12.1 Å². The third-order valence-electron chi connectivity index (χ3n) is 1.35. The van der Waals surface area contributed by atoms with E-state index in [1.165, 1.54) is 22.9 Å². The maximum Gasteiger partial charge on any atom is 0.145 e. The van der Waals surface area contributed by atoms with Crippen LogP contribution in [-0.2, 0) is 0 Å². The summed E-state index contributed by atoms with van der Waals surface area (Å²) in [7, 11) is 0. The molecule has 1 nitrogen and oxygen atoms in total. The first-order valence-corrected chi connectivity index (χ1v) is 3.83. The van der Waals surface area contributed by atoms with Gasteiger partial charge in [0.05, 0.1) is 15.7 Å². The average Bonchev–Trinajstić information content (AvgIpc) is 2.34. The molecular weight excluding hydrogens is 168 g/mol. The van der Waals surface area contributed by atoms with Gasteiger partial charge in [0.1, 0.15) is 11.6 Å². The second kappa shape index (κ2) is 2.23. The molecule has 0 saturated carbocycles. The van der Waals surface area contributed by atoms with Gasteiger partial charge >= 0.3 is 0 Å². The molecular formula is C7H3F2NS. The molecule has 0 aliphatic carbocycles. The predicted octanol–water partition coefficient (Wildman–Crippen LogP) is 2.57. The van der Waals surface area contributed by atoms with Gasteiger partial charge in [-0.2, -0.15) is 0 Å². The molecule has 1 aromatic heterocycles. The topological polar surface area (TPSA) is 12.9 Å². The van der Waals surface area contributed by atoms with E-state index >= 15 is 0 Å². The van der Waals surface area contributed by atoms with Crippen molar-refractivity contribution in [3.05, 3.63) is 29.3 Å². The fraction of sp³-hybridized carbons (Fsp3) is 0. The van der Waals surface area contributed by atoms with E-state index in [4.69, 9.17) is 0 Å². The minimum Gasteiger partial charge on any atom is -0.244 e. The zero-order chi connectivity index (χ0) is 7.84. The fourth-order valence-corrected chi connectivity index (χ4v) is 1.57. The number of nitrogens with zero attached hydrogens (tertiary/aromatic N) is 1. The highest BCUT2D eigenvalue weighted by molar-refractivity contribution is 7.16. The van der Waals surface area contributed by atoms with Crippen LogP contribution in [-0.4, -0.2) is 4.98 Å². The summed E-state index contributed by atoms with van der Waals surface area (Å²) in [5.74, 6) is -1.12. The van der Waals surface area contributed by atoms with Gasteiger partial charge in [-0.15, -0.1) is 11.3 Å². The van der Waals surface area contributed by atoms with Crippen molar-refractivity contribution in [1.29, 1.82) is 0 Å². The van der Waals surface area contributed by atoms with E-state index in [-0.39, 0.29) is 0 Å². The highest BCUT2D eigenvalue weighted by atomic mass is 32.1. The zero-order valence-corrected chi connectivity index (χ0v) is 6.16. The van der Waals surface area contributed by atoms with Crippen molar-refractivity contribution in [3.8, 4) is 0 Å². The van der Waals surface area contributed by atoms with Gasteiger partial charge in [-0.25, -0.2) is 13.8 Å². The number of benzene rings is 1. The summed E-state index contributed by atoms with van der Waals surface area (Å²) in [6, 6.07) is 2.08. The number of halogens is 2. The molecule has 4 heteroatoms. The van der Waals surface area contributed by atoms with Crippen LogP contribution in [0.5, 0.6) is 0 Å². The summed E-state index contributed by atoms with van der Waals surface area (Å²) in [5.41, 5.74) is 1.88. The van der Waals surface area contributed by atoms with Gasteiger partial charge in [0.2, 0.25) is 0 Å². The third kappa shape index (κ3) is 0.991. The minimum atomic E-state index is -0.583. The quantitative estimate of drug-likeness (QED) is 0.593. The first-order valence-electron chi connectivity index (χ1n) is 2.95. The number of fused-ring (bicyclic) bond motifs is 1. The Morgan fingerprint density at radius 3 is 2.91 bits per heavy atom. The van der Waals surface area contributed by atoms with Gasteiger partial charge < -0.3 is 0 Å². The van der Waals surface area contributed by atoms with Crippen molar-refractivity contribution >= 4 is 21.6 Å². The molecule has 0 N–H and O–H groups in total. The number of thiazole rings is 1. The predicted molar refractivity (Wildman–Crippen MR) is 39.5 cm³/mol. The zero-order valence-electron chi connectivity index (χ0n) is 5.34. The molecule has 0 aliphatic rings. The van der Waals surface area contributed by atoms with Gasteiger partial charge in [0.25, 0.3) is 0 Å². The SMILES string of the molecule is Fc1cc(F)c2scnc2c1. The minimum absolute atomic E-state index is 0.382. The number of rotatable bonds is 0. The van der Waals surface area contributed by atoms with Crippen LogP contribution in [0.1, 0.15) is 0 Å². The average molecular weight is 171 g/mol. The Bertz CT molecular complexity index is 396. The smallest absolute Gasteiger partial charge is 0.145 e. The lowest BCUT2D eigenvalue weighted by atomic mass is 10.3. The van der Waals surface area contributed by atoms with E-state index < -0.39 is 11.6 Å². The standard InChI is InChI=1S/C7H3F2NS/c8-4-1-5(9)7-6(2-4)10-3-11-7/h1-3H. The summed E-state index contributed by atoms with van der Waals surface area (Å²) in [6.07, 6.45) is 0. The molecule has 0 aliphatic heterocycles. The Morgan fingerprint density at radius 1 is 1.27 bits per heavy atom. The van der Waals surface area contributed by atoms with Gasteiger partial charge in [-0.3, -0.25) is 0 Å². The molecule has 0 unspecified atom stereocenters. The van der Waals surface area contributed by atoms with Crippen molar-refractivity contribution in [2.24, 2.45) is 0 Å². The van der Waals surface area contributed by atoms with Crippen LogP contribution in [0.2, 0.25) is 0 Å². The van der Waals surface area contributed by atoms with Crippen LogP contribution >= 0.6 is 11.3 Å². The Hall–Kier alpha value is -1.03. The van der Waals surface area contributed by atoms with Crippen molar-refractivity contribution in [1.82, 2.24) is 4.98 Å². The largest absolute Gasteiger partial charge is 0.244 e. The maximum atomic E-state index is 12.8. The number of aromatic nitrogens is 1. The summed E-state index contributed by atoms with van der Waals surface area (Å²) in [5, 5.41) is 0. The molecule has 1 aromatic carbocycles. The lowest BCUT2D eigenvalue weighted by molar-refractivity contribution is 0.593. The molecule has 0 atom stereocenters. The van der Waals surface area contributed by atoms with E-state index in [1.807, 2.05) is 0 Å². The summed E-state index contributed by atoms with van der Waals surface area (Å²) in [6.45, 7) is 0. The molecule has 0 fully saturated rings. The summed E-state index contributed by atoms with van der Waals surface area (Å²) >= 11 is 1.17. The molecule has 0 spiro atoms. The van der Waals surface area contributed by atoms with Crippen LogP contribution in [0.25, 0.3) is 10.2 Å². The van der Waals surface area contributed by atoms with Crippen LogP contribution in [0.4, 0.5) is 8.78 Å². The monoisotopic (exact) mass is 171 g/mol. The maximum absolute atomic E-state index is 12.8. The van der Waals surface area contributed by atoms with Crippen LogP contribution in [0, 0.1) is 11.6 Å². The Labute approximate surface area is 65.3 Å². The normalized spacial score (nSPS) is 10.7. The van der Waals surface area contributed by atoms with Crippen LogP contribution < -0.4 is 0 Å². The Balaban J connectivity index is 2.91. The Kier molecular flexibility index (Phi) is 1.35. The number of hydrogen-bond donors (Lipinski definition) is 0. The van der Waals surface area contributed by atoms with Gasteiger partial charge in [0.15, 0.2) is 0 Å². The lowest BCUT2D eigenvalue weighted by Crippen LogP contribution is -1.78. The van der Waals surface area contributed by atoms with Gasteiger partial charge in [-0.05, 0) is 0 Å². The molecule has 2 rings (SSSR count).